The van der Waals surface area contributed by atoms with Crippen LogP contribution >= 0.6 is 0 Å². The van der Waals surface area contributed by atoms with Crippen molar-refractivity contribution in [3.63, 3.8) is 0 Å². The summed E-state index contributed by atoms with van der Waals surface area (Å²) in [7, 11) is 0. The molecule has 0 saturated heterocycles. The second kappa shape index (κ2) is 4.91. The standard InChI is InChI=1S/C8H13F2N3/c9-8(10)2-4-13-6-12-5-7(13)1-3-11/h5-6,8H,1-4,11H2. The molecule has 0 fully saturated rings. The highest BCUT2D eigenvalue weighted by atomic mass is 19.3. The fourth-order valence-corrected chi connectivity index (χ4v) is 1.14. The molecule has 5 heteroatoms. The maximum atomic E-state index is 11.9. The van der Waals surface area contributed by atoms with E-state index in [1.165, 1.54) is 0 Å². The molecule has 1 aromatic rings. The number of hydrogen-bond acceptors (Lipinski definition) is 2. The van der Waals surface area contributed by atoms with E-state index >= 15 is 0 Å². The van der Waals surface area contributed by atoms with Crippen molar-refractivity contribution < 1.29 is 8.78 Å². The molecule has 13 heavy (non-hydrogen) atoms. The normalized spacial score (nSPS) is 11.1. The molecule has 0 amide bonds. The highest BCUT2D eigenvalue weighted by molar-refractivity contribution is 4.98. The van der Waals surface area contributed by atoms with Gasteiger partial charge in [0.2, 0.25) is 6.43 Å². The largest absolute Gasteiger partial charge is 0.334 e. The van der Waals surface area contributed by atoms with Crippen LogP contribution in [0.4, 0.5) is 8.78 Å². The lowest BCUT2D eigenvalue weighted by Gasteiger charge is -2.06. The number of alkyl halides is 2. The van der Waals surface area contributed by atoms with E-state index in [0.717, 1.165) is 5.69 Å². The molecule has 0 atom stereocenters. The van der Waals surface area contributed by atoms with E-state index in [9.17, 15) is 8.78 Å². The van der Waals surface area contributed by atoms with Crippen molar-refractivity contribution >= 4 is 0 Å². The summed E-state index contributed by atoms with van der Waals surface area (Å²) in [6.07, 6.45) is 1.52. The van der Waals surface area contributed by atoms with Gasteiger partial charge in [-0.15, -0.1) is 0 Å². The van der Waals surface area contributed by atoms with Gasteiger partial charge >= 0.3 is 0 Å². The Hall–Kier alpha value is -0.970. The molecule has 1 heterocycles. The van der Waals surface area contributed by atoms with E-state index in [-0.39, 0.29) is 6.42 Å². The van der Waals surface area contributed by atoms with Gasteiger partial charge in [-0.05, 0) is 6.54 Å². The molecule has 74 valence electrons. The smallest absolute Gasteiger partial charge is 0.240 e. The topological polar surface area (TPSA) is 43.8 Å². The van der Waals surface area contributed by atoms with E-state index in [4.69, 9.17) is 5.73 Å². The third kappa shape index (κ3) is 3.10. The lowest BCUT2D eigenvalue weighted by atomic mass is 10.3. The zero-order valence-corrected chi connectivity index (χ0v) is 7.29. The molecule has 1 aromatic heterocycles. The molecule has 0 aliphatic carbocycles. The van der Waals surface area contributed by atoms with Gasteiger partial charge in [0.1, 0.15) is 0 Å². The number of nitrogens with zero attached hydrogens (tertiary/aromatic N) is 2. The van der Waals surface area contributed by atoms with Crippen molar-refractivity contribution in [3.8, 4) is 0 Å². The summed E-state index contributed by atoms with van der Waals surface area (Å²) in [5, 5.41) is 0. The number of nitrogens with two attached hydrogens (primary N) is 1. The summed E-state index contributed by atoms with van der Waals surface area (Å²) >= 11 is 0. The van der Waals surface area contributed by atoms with Crippen LogP contribution in [0.25, 0.3) is 0 Å². The second-order valence-corrected chi connectivity index (χ2v) is 2.80. The molecule has 0 aromatic carbocycles. The zero-order valence-electron chi connectivity index (χ0n) is 7.29. The van der Waals surface area contributed by atoms with Crippen LogP contribution in [0.15, 0.2) is 12.5 Å². The Morgan fingerprint density at radius 1 is 1.54 bits per heavy atom. The van der Waals surface area contributed by atoms with Crippen molar-refractivity contribution in [1.82, 2.24) is 9.55 Å². The summed E-state index contributed by atoms with van der Waals surface area (Å²) in [5.41, 5.74) is 6.27. The van der Waals surface area contributed by atoms with Gasteiger partial charge in [-0.1, -0.05) is 0 Å². The van der Waals surface area contributed by atoms with E-state index < -0.39 is 6.43 Å². The predicted octanol–water partition coefficient (Wildman–Crippen LogP) is 1.04. The van der Waals surface area contributed by atoms with Gasteiger partial charge in [0.05, 0.1) is 6.33 Å². The van der Waals surface area contributed by atoms with Crippen molar-refractivity contribution in [2.75, 3.05) is 6.54 Å². The summed E-state index contributed by atoms with van der Waals surface area (Å²) in [4.78, 5) is 3.88. The van der Waals surface area contributed by atoms with Crippen molar-refractivity contribution in [1.29, 1.82) is 0 Å². The van der Waals surface area contributed by atoms with Gasteiger partial charge in [0.15, 0.2) is 0 Å². The van der Waals surface area contributed by atoms with Crippen LogP contribution < -0.4 is 5.73 Å². The summed E-state index contributed by atoms with van der Waals surface area (Å²) in [6, 6.07) is 0. The SMILES string of the molecule is NCCc1cncn1CCC(F)F. The molecule has 0 radical (unpaired) electrons. The number of halogens is 2. The van der Waals surface area contributed by atoms with Crippen molar-refractivity contribution in [2.24, 2.45) is 5.73 Å². The number of aryl methyl sites for hydroxylation is 1. The van der Waals surface area contributed by atoms with E-state index in [2.05, 4.69) is 4.98 Å². The highest BCUT2D eigenvalue weighted by Gasteiger charge is 2.05. The summed E-state index contributed by atoms with van der Waals surface area (Å²) in [6.45, 7) is 0.827. The molecule has 0 aliphatic rings. The minimum atomic E-state index is -2.26. The number of hydrogen-bond donors (Lipinski definition) is 1. The fraction of sp³-hybridized carbons (Fsp3) is 0.625. The molecule has 0 bridgehead atoms. The maximum Gasteiger partial charge on any atom is 0.240 e. The highest BCUT2D eigenvalue weighted by Crippen LogP contribution is 2.05. The first-order chi connectivity index (χ1) is 6.24. The molecular weight excluding hydrogens is 176 g/mol. The Balaban J connectivity index is 2.49. The Morgan fingerprint density at radius 3 is 2.92 bits per heavy atom. The van der Waals surface area contributed by atoms with Gasteiger partial charge in [-0.25, -0.2) is 13.8 Å². The molecule has 1 rings (SSSR count). The third-order valence-corrected chi connectivity index (χ3v) is 1.79. The molecule has 0 saturated carbocycles. The van der Waals surface area contributed by atoms with Crippen molar-refractivity contribution in [2.45, 2.75) is 25.8 Å². The van der Waals surface area contributed by atoms with Crippen LogP contribution in [-0.2, 0) is 13.0 Å². The fourth-order valence-electron chi connectivity index (χ4n) is 1.14. The third-order valence-electron chi connectivity index (χ3n) is 1.79. The van der Waals surface area contributed by atoms with Crippen LogP contribution in [0.3, 0.4) is 0 Å². The van der Waals surface area contributed by atoms with Gasteiger partial charge in [0.25, 0.3) is 0 Å². The van der Waals surface area contributed by atoms with Gasteiger partial charge < -0.3 is 10.3 Å². The first-order valence-electron chi connectivity index (χ1n) is 4.21. The Kier molecular flexibility index (Phi) is 3.82. The first kappa shape index (κ1) is 10.1. The monoisotopic (exact) mass is 189 g/mol. The van der Waals surface area contributed by atoms with Gasteiger partial charge in [-0.2, -0.15) is 0 Å². The number of imidazole rings is 1. The van der Waals surface area contributed by atoms with Crippen LogP contribution in [0.1, 0.15) is 12.1 Å². The van der Waals surface area contributed by atoms with Crippen LogP contribution in [0.2, 0.25) is 0 Å². The summed E-state index contributed by atoms with van der Waals surface area (Å²) < 4.78 is 25.5. The van der Waals surface area contributed by atoms with Crippen molar-refractivity contribution in [3.05, 3.63) is 18.2 Å². The number of rotatable bonds is 5. The van der Waals surface area contributed by atoms with E-state index in [1.807, 2.05) is 0 Å². The second-order valence-electron chi connectivity index (χ2n) is 2.80. The molecular formula is C8H13F2N3. The van der Waals surface area contributed by atoms with E-state index in [0.29, 0.717) is 19.5 Å². The predicted molar refractivity (Wildman–Crippen MR) is 45.6 cm³/mol. The van der Waals surface area contributed by atoms with Crippen LogP contribution in [0, 0.1) is 0 Å². The molecule has 0 spiro atoms. The molecule has 0 unspecified atom stereocenters. The maximum absolute atomic E-state index is 11.9. The van der Waals surface area contributed by atoms with Gasteiger partial charge in [0, 0.05) is 31.3 Å². The number of aromatic nitrogens is 2. The molecule has 3 nitrogen and oxygen atoms in total. The van der Waals surface area contributed by atoms with Crippen LogP contribution in [0.5, 0.6) is 0 Å². The molecule has 0 aliphatic heterocycles. The zero-order chi connectivity index (χ0) is 9.68. The lowest BCUT2D eigenvalue weighted by Crippen LogP contribution is -2.10. The minimum absolute atomic E-state index is 0.131. The summed E-state index contributed by atoms with van der Waals surface area (Å²) in [5.74, 6) is 0. The lowest BCUT2D eigenvalue weighted by molar-refractivity contribution is 0.131. The average Bonchev–Trinajstić information content (AvgIpc) is 2.49. The Bertz CT molecular complexity index is 247. The average molecular weight is 189 g/mol. The van der Waals surface area contributed by atoms with Crippen LogP contribution in [-0.4, -0.2) is 22.5 Å². The van der Waals surface area contributed by atoms with Gasteiger partial charge in [-0.3, -0.25) is 0 Å². The minimum Gasteiger partial charge on any atom is -0.334 e. The molecule has 2 N–H and O–H groups in total. The Morgan fingerprint density at radius 2 is 2.31 bits per heavy atom. The first-order valence-corrected chi connectivity index (χ1v) is 4.21. The quantitative estimate of drug-likeness (QED) is 0.752. The van der Waals surface area contributed by atoms with E-state index in [1.54, 1.807) is 17.1 Å². The Labute approximate surface area is 75.6 Å².